The highest BCUT2D eigenvalue weighted by Gasteiger charge is 2.38. The molecule has 0 radical (unpaired) electrons. The van der Waals surface area contributed by atoms with Gasteiger partial charge in [0.15, 0.2) is 5.78 Å². The number of rotatable bonds is 2. The molecular weight excluding hydrogens is 292 g/mol. The summed E-state index contributed by atoms with van der Waals surface area (Å²) in [7, 11) is 0. The monoisotopic (exact) mass is 302 g/mol. The van der Waals surface area contributed by atoms with E-state index < -0.39 is 5.92 Å². The van der Waals surface area contributed by atoms with Gasteiger partial charge in [-0.3, -0.25) is 10.2 Å². The Labute approximate surface area is 123 Å². The van der Waals surface area contributed by atoms with Crippen LogP contribution in [0.3, 0.4) is 0 Å². The van der Waals surface area contributed by atoms with E-state index in [2.05, 4.69) is 4.98 Å². The van der Waals surface area contributed by atoms with Crippen LogP contribution in [0.2, 0.25) is 0 Å². The number of aromatic hydroxyl groups is 1. The molecule has 100 valence electrons. The number of hydrogen-bond donors (Lipinski definition) is 2. The molecule has 1 fully saturated rings. The second-order valence-corrected chi connectivity index (χ2v) is 6.21. The average Bonchev–Trinajstić information content (AvgIpc) is 3.02. The third-order valence-electron chi connectivity index (χ3n) is 2.91. The number of ketones is 1. The smallest absolute Gasteiger partial charge is 0.186 e. The summed E-state index contributed by atoms with van der Waals surface area (Å²) < 4.78 is 0. The molecule has 1 aliphatic rings. The number of nitrogens with one attached hydrogen (secondary N) is 1. The van der Waals surface area contributed by atoms with E-state index >= 15 is 0 Å². The normalized spacial score (nSPS) is 20.8. The topological polar surface area (TPSA) is 74.0 Å². The van der Waals surface area contributed by atoms with Gasteiger partial charge in [0, 0.05) is 17.1 Å². The molecule has 4 nitrogen and oxygen atoms in total. The highest BCUT2D eigenvalue weighted by atomic mass is 32.2. The van der Waals surface area contributed by atoms with Crippen molar-refractivity contribution in [3.63, 3.8) is 0 Å². The van der Waals surface area contributed by atoms with E-state index in [4.69, 9.17) is 5.41 Å². The number of carbonyl (C=O) groups excluding carboxylic acids is 1. The van der Waals surface area contributed by atoms with Crippen molar-refractivity contribution in [3.8, 4) is 5.75 Å². The highest BCUT2D eigenvalue weighted by molar-refractivity contribution is 8.19. The minimum atomic E-state index is -0.586. The van der Waals surface area contributed by atoms with Crippen LogP contribution in [0.4, 0.5) is 0 Å². The highest BCUT2D eigenvalue weighted by Crippen LogP contribution is 2.41. The summed E-state index contributed by atoms with van der Waals surface area (Å²) in [6.07, 6.45) is 3.26. The van der Waals surface area contributed by atoms with Crippen molar-refractivity contribution in [1.82, 2.24) is 4.98 Å². The molecule has 0 spiro atoms. The molecule has 0 bridgehead atoms. The lowest BCUT2D eigenvalue weighted by atomic mass is 10.0. The van der Waals surface area contributed by atoms with Gasteiger partial charge in [0.1, 0.15) is 16.7 Å². The molecule has 1 saturated heterocycles. The Kier molecular flexibility index (Phi) is 3.42. The van der Waals surface area contributed by atoms with E-state index in [9.17, 15) is 9.90 Å². The molecular formula is C14H10N2O2S2. The van der Waals surface area contributed by atoms with Gasteiger partial charge >= 0.3 is 0 Å². The standard InChI is InChI=1S/C14H10N2O2S2/c15-13-11(14-16-5-6-19-14)12(18)10(20-13)7-8-3-1-2-4-9(8)17/h1-7,11,15,17H/b10-7-,15-13?/t11-/m0/s1. The molecule has 2 heterocycles. The third-order valence-corrected chi connectivity index (χ3v) is 4.74. The summed E-state index contributed by atoms with van der Waals surface area (Å²) in [5.41, 5.74) is 0.580. The fraction of sp³-hybridized carbons (Fsp3) is 0.0714. The van der Waals surface area contributed by atoms with Crippen molar-refractivity contribution < 1.29 is 9.90 Å². The lowest BCUT2D eigenvalue weighted by molar-refractivity contribution is -0.114. The van der Waals surface area contributed by atoms with Gasteiger partial charge in [-0.1, -0.05) is 30.0 Å². The zero-order valence-electron chi connectivity index (χ0n) is 10.2. The first-order valence-corrected chi connectivity index (χ1v) is 7.56. The minimum absolute atomic E-state index is 0.123. The molecule has 0 unspecified atom stereocenters. The third kappa shape index (κ3) is 2.28. The maximum absolute atomic E-state index is 12.4. The number of phenolic OH excluding ortho intramolecular Hbond substituents is 1. The number of aromatic nitrogens is 1. The molecule has 1 atom stereocenters. The average molecular weight is 302 g/mol. The Bertz CT molecular complexity index is 708. The van der Waals surface area contributed by atoms with Gasteiger partial charge in [-0.05, 0) is 12.1 Å². The first-order valence-electron chi connectivity index (χ1n) is 5.86. The molecule has 2 N–H and O–H groups in total. The van der Waals surface area contributed by atoms with Crippen LogP contribution in [-0.4, -0.2) is 20.9 Å². The Morgan fingerprint density at radius 2 is 2.15 bits per heavy atom. The van der Waals surface area contributed by atoms with E-state index in [1.54, 1.807) is 41.9 Å². The molecule has 1 aromatic carbocycles. The van der Waals surface area contributed by atoms with Crippen molar-refractivity contribution >= 4 is 40.0 Å². The molecule has 0 aliphatic carbocycles. The second kappa shape index (κ2) is 5.22. The number of phenols is 1. The van der Waals surface area contributed by atoms with Crippen molar-refractivity contribution in [2.24, 2.45) is 0 Å². The maximum atomic E-state index is 12.4. The van der Waals surface area contributed by atoms with Gasteiger partial charge in [-0.2, -0.15) is 0 Å². The van der Waals surface area contributed by atoms with E-state index in [0.717, 1.165) is 11.8 Å². The van der Waals surface area contributed by atoms with Gasteiger partial charge < -0.3 is 5.11 Å². The number of carbonyl (C=O) groups is 1. The first kappa shape index (κ1) is 13.1. The molecule has 1 aliphatic heterocycles. The number of para-hydroxylation sites is 1. The molecule has 0 amide bonds. The van der Waals surface area contributed by atoms with Crippen LogP contribution in [-0.2, 0) is 4.79 Å². The van der Waals surface area contributed by atoms with Crippen molar-refractivity contribution in [1.29, 1.82) is 5.41 Å². The Hall–Kier alpha value is -1.92. The quantitative estimate of drug-likeness (QED) is 0.835. The van der Waals surface area contributed by atoms with Gasteiger partial charge in [0.2, 0.25) is 0 Å². The second-order valence-electron chi connectivity index (χ2n) is 4.20. The van der Waals surface area contributed by atoms with Crippen molar-refractivity contribution in [3.05, 3.63) is 51.3 Å². The summed E-state index contributed by atoms with van der Waals surface area (Å²) in [5.74, 6) is -0.590. The molecule has 2 aromatic rings. The van der Waals surface area contributed by atoms with E-state index in [0.29, 0.717) is 15.5 Å². The lowest BCUT2D eigenvalue weighted by Crippen LogP contribution is -2.11. The maximum Gasteiger partial charge on any atom is 0.186 e. The summed E-state index contributed by atoms with van der Waals surface area (Å²) in [6.45, 7) is 0. The summed E-state index contributed by atoms with van der Waals surface area (Å²) in [4.78, 5) is 17.0. The SMILES string of the molecule is N=C1S/C(=C\c2ccccc2O)C(=O)[C@@H]1c1nccs1. The fourth-order valence-electron chi connectivity index (χ4n) is 1.94. The van der Waals surface area contributed by atoms with E-state index in [-0.39, 0.29) is 16.6 Å². The van der Waals surface area contributed by atoms with Crippen LogP contribution >= 0.6 is 23.1 Å². The van der Waals surface area contributed by atoms with Crippen LogP contribution in [0.15, 0.2) is 40.7 Å². The van der Waals surface area contributed by atoms with E-state index in [1.807, 2.05) is 0 Å². The molecule has 3 rings (SSSR count). The lowest BCUT2D eigenvalue weighted by Gasteiger charge is -2.01. The number of allylic oxidation sites excluding steroid dienone is 1. The molecule has 20 heavy (non-hydrogen) atoms. The largest absolute Gasteiger partial charge is 0.507 e. The Morgan fingerprint density at radius 1 is 1.35 bits per heavy atom. The molecule has 6 heteroatoms. The first-order chi connectivity index (χ1) is 9.66. The van der Waals surface area contributed by atoms with Crippen molar-refractivity contribution in [2.75, 3.05) is 0 Å². The summed E-state index contributed by atoms with van der Waals surface area (Å²) in [5, 5.41) is 20.4. The van der Waals surface area contributed by atoms with Gasteiger partial charge in [-0.15, -0.1) is 11.3 Å². The van der Waals surface area contributed by atoms with Crippen molar-refractivity contribution in [2.45, 2.75) is 5.92 Å². The summed E-state index contributed by atoms with van der Waals surface area (Å²) >= 11 is 2.51. The predicted octanol–water partition coefficient (Wildman–Crippen LogP) is 3.27. The predicted molar refractivity (Wildman–Crippen MR) is 81.3 cm³/mol. The summed E-state index contributed by atoms with van der Waals surface area (Å²) in [6, 6.07) is 6.82. The number of benzene rings is 1. The van der Waals surface area contributed by atoms with Gasteiger partial charge in [0.05, 0.1) is 9.95 Å². The fourth-order valence-corrected chi connectivity index (χ4v) is 3.74. The number of nitrogens with zero attached hydrogens (tertiary/aromatic N) is 1. The van der Waals surface area contributed by atoms with Crippen LogP contribution in [0.1, 0.15) is 16.5 Å². The van der Waals surface area contributed by atoms with Gasteiger partial charge in [-0.25, -0.2) is 4.98 Å². The Balaban J connectivity index is 1.96. The number of thioether (sulfide) groups is 1. The molecule has 0 saturated carbocycles. The van der Waals surface area contributed by atoms with Crippen LogP contribution in [0, 0.1) is 5.41 Å². The van der Waals surface area contributed by atoms with Crippen LogP contribution < -0.4 is 0 Å². The van der Waals surface area contributed by atoms with Crippen LogP contribution in [0.25, 0.3) is 6.08 Å². The number of thiazole rings is 1. The minimum Gasteiger partial charge on any atom is -0.507 e. The number of hydrogen-bond acceptors (Lipinski definition) is 6. The number of Topliss-reactive ketones (excluding diaryl/α,β-unsaturated/α-hetero) is 1. The van der Waals surface area contributed by atoms with E-state index in [1.165, 1.54) is 11.3 Å². The Morgan fingerprint density at radius 3 is 2.85 bits per heavy atom. The van der Waals surface area contributed by atoms with Crippen LogP contribution in [0.5, 0.6) is 5.75 Å². The zero-order chi connectivity index (χ0) is 14.1. The van der Waals surface area contributed by atoms with Gasteiger partial charge in [0.25, 0.3) is 0 Å². The zero-order valence-corrected chi connectivity index (χ0v) is 11.9. The molecule has 1 aromatic heterocycles.